The summed E-state index contributed by atoms with van der Waals surface area (Å²) in [6.45, 7) is 1.77. The molecule has 3 aromatic rings. The number of nitrogens with one attached hydrogen (secondary N) is 1. The summed E-state index contributed by atoms with van der Waals surface area (Å²) in [5.74, 6) is 1.15. The Morgan fingerprint density at radius 2 is 2.13 bits per heavy atom. The van der Waals surface area contributed by atoms with Crippen molar-refractivity contribution in [3.05, 3.63) is 54.7 Å². The Morgan fingerprint density at radius 1 is 1.30 bits per heavy atom. The third-order valence-electron chi connectivity index (χ3n) is 3.32. The molecule has 1 N–H and O–H groups in total. The van der Waals surface area contributed by atoms with Crippen LogP contribution in [0.2, 0.25) is 0 Å². The van der Waals surface area contributed by atoms with Gasteiger partial charge in [-0.05, 0) is 37.6 Å². The molecule has 7 nitrogen and oxygen atoms in total. The van der Waals surface area contributed by atoms with Crippen molar-refractivity contribution >= 4 is 11.6 Å². The van der Waals surface area contributed by atoms with Gasteiger partial charge in [0.05, 0.1) is 6.33 Å². The number of imidazole rings is 1. The second kappa shape index (κ2) is 6.87. The molecule has 0 spiro atoms. The zero-order valence-electron chi connectivity index (χ0n) is 12.8. The summed E-state index contributed by atoms with van der Waals surface area (Å²) in [5, 5.41) is 6.59. The summed E-state index contributed by atoms with van der Waals surface area (Å²) in [7, 11) is 0. The van der Waals surface area contributed by atoms with Gasteiger partial charge in [0.2, 0.25) is 11.8 Å². The lowest BCUT2D eigenvalue weighted by atomic mass is 10.2. The van der Waals surface area contributed by atoms with Gasteiger partial charge in [0.1, 0.15) is 0 Å². The van der Waals surface area contributed by atoms with Crippen molar-refractivity contribution < 1.29 is 9.32 Å². The zero-order valence-corrected chi connectivity index (χ0v) is 12.8. The molecule has 0 saturated heterocycles. The highest BCUT2D eigenvalue weighted by molar-refractivity contribution is 5.90. The summed E-state index contributed by atoms with van der Waals surface area (Å²) in [4.78, 5) is 20.0. The van der Waals surface area contributed by atoms with Gasteiger partial charge in [-0.15, -0.1) is 0 Å². The normalized spacial score (nSPS) is 10.7. The van der Waals surface area contributed by atoms with Gasteiger partial charge in [0.25, 0.3) is 0 Å². The van der Waals surface area contributed by atoms with Gasteiger partial charge in [-0.2, -0.15) is 4.98 Å². The maximum Gasteiger partial charge on any atom is 0.226 e. The third kappa shape index (κ3) is 4.03. The largest absolute Gasteiger partial charge is 0.339 e. The van der Waals surface area contributed by atoms with E-state index in [-0.39, 0.29) is 5.91 Å². The van der Waals surface area contributed by atoms with E-state index < -0.39 is 0 Å². The monoisotopic (exact) mass is 311 g/mol. The second-order valence-electron chi connectivity index (χ2n) is 5.15. The van der Waals surface area contributed by atoms with Gasteiger partial charge in [-0.3, -0.25) is 4.79 Å². The van der Waals surface area contributed by atoms with Crippen LogP contribution in [0.25, 0.3) is 5.69 Å². The molecule has 1 aromatic carbocycles. The van der Waals surface area contributed by atoms with E-state index in [1.165, 1.54) is 0 Å². The molecular weight excluding hydrogens is 294 g/mol. The molecule has 0 aliphatic heterocycles. The van der Waals surface area contributed by atoms with Crippen molar-refractivity contribution in [1.29, 1.82) is 0 Å². The van der Waals surface area contributed by atoms with Crippen LogP contribution in [0.5, 0.6) is 0 Å². The van der Waals surface area contributed by atoms with E-state index in [1.54, 1.807) is 19.4 Å². The topological polar surface area (TPSA) is 85.8 Å². The molecule has 0 aliphatic rings. The van der Waals surface area contributed by atoms with Crippen LogP contribution in [0.1, 0.15) is 24.6 Å². The van der Waals surface area contributed by atoms with E-state index in [2.05, 4.69) is 20.4 Å². The van der Waals surface area contributed by atoms with Gasteiger partial charge in [0, 0.05) is 36.6 Å². The van der Waals surface area contributed by atoms with Crippen molar-refractivity contribution in [2.45, 2.75) is 26.2 Å². The average Bonchev–Trinajstić information content (AvgIpc) is 3.20. The molecular formula is C16H17N5O2. The third-order valence-corrected chi connectivity index (χ3v) is 3.32. The number of hydrogen-bond donors (Lipinski definition) is 1. The lowest BCUT2D eigenvalue weighted by Gasteiger charge is -2.06. The predicted octanol–water partition coefficient (Wildman–Crippen LogP) is 2.53. The standard InChI is InChI=1S/C16H17N5O2/c1-12-18-16(23-20-12)4-2-3-15(22)19-13-5-7-14(8-6-13)21-10-9-17-11-21/h5-11H,2-4H2,1H3,(H,19,22). The van der Waals surface area contributed by atoms with E-state index in [0.717, 1.165) is 11.4 Å². The molecule has 118 valence electrons. The number of carbonyl (C=O) groups is 1. The molecule has 7 heteroatoms. The fourth-order valence-corrected chi connectivity index (χ4v) is 2.19. The van der Waals surface area contributed by atoms with Crippen LogP contribution < -0.4 is 5.32 Å². The lowest BCUT2D eigenvalue weighted by molar-refractivity contribution is -0.116. The molecule has 0 radical (unpaired) electrons. The Kier molecular flexibility index (Phi) is 4.46. The number of carbonyl (C=O) groups excluding carboxylic acids is 1. The van der Waals surface area contributed by atoms with Crippen molar-refractivity contribution in [2.24, 2.45) is 0 Å². The van der Waals surface area contributed by atoms with Gasteiger partial charge >= 0.3 is 0 Å². The summed E-state index contributed by atoms with van der Waals surface area (Å²) in [6.07, 6.45) is 7.00. The minimum Gasteiger partial charge on any atom is -0.339 e. The molecule has 3 rings (SSSR count). The van der Waals surface area contributed by atoms with Crippen LogP contribution in [0.3, 0.4) is 0 Å². The van der Waals surface area contributed by atoms with Crippen LogP contribution in [-0.2, 0) is 11.2 Å². The Labute approximate surface area is 133 Å². The maximum atomic E-state index is 11.9. The summed E-state index contributed by atoms with van der Waals surface area (Å²) >= 11 is 0. The van der Waals surface area contributed by atoms with Crippen molar-refractivity contribution in [3.63, 3.8) is 0 Å². The SMILES string of the molecule is Cc1noc(CCCC(=O)Nc2ccc(-n3ccnc3)cc2)n1. The highest BCUT2D eigenvalue weighted by atomic mass is 16.5. The molecule has 0 fully saturated rings. The predicted molar refractivity (Wildman–Crippen MR) is 84.2 cm³/mol. The number of aryl methyl sites for hydroxylation is 2. The van der Waals surface area contributed by atoms with E-state index in [4.69, 9.17) is 4.52 Å². The first-order valence-corrected chi connectivity index (χ1v) is 7.38. The Balaban J connectivity index is 1.48. The van der Waals surface area contributed by atoms with E-state index >= 15 is 0 Å². The second-order valence-corrected chi connectivity index (χ2v) is 5.15. The van der Waals surface area contributed by atoms with Crippen LogP contribution in [0, 0.1) is 6.92 Å². The van der Waals surface area contributed by atoms with Crippen LogP contribution in [-0.4, -0.2) is 25.6 Å². The van der Waals surface area contributed by atoms with Gasteiger partial charge < -0.3 is 14.4 Å². The van der Waals surface area contributed by atoms with Crippen molar-refractivity contribution in [1.82, 2.24) is 19.7 Å². The molecule has 2 aromatic heterocycles. The average molecular weight is 311 g/mol. The van der Waals surface area contributed by atoms with Crippen LogP contribution in [0.15, 0.2) is 47.5 Å². The van der Waals surface area contributed by atoms with Crippen LogP contribution >= 0.6 is 0 Å². The minimum absolute atomic E-state index is 0.0309. The number of hydrogen-bond acceptors (Lipinski definition) is 5. The van der Waals surface area contributed by atoms with E-state index in [9.17, 15) is 4.79 Å². The maximum absolute atomic E-state index is 11.9. The first-order valence-electron chi connectivity index (χ1n) is 7.38. The number of rotatable bonds is 6. The molecule has 23 heavy (non-hydrogen) atoms. The molecule has 1 amide bonds. The highest BCUT2D eigenvalue weighted by Gasteiger charge is 2.06. The highest BCUT2D eigenvalue weighted by Crippen LogP contribution is 2.13. The summed E-state index contributed by atoms with van der Waals surface area (Å²) in [6, 6.07) is 7.60. The fraction of sp³-hybridized carbons (Fsp3) is 0.250. The molecule has 0 atom stereocenters. The first-order chi connectivity index (χ1) is 11.2. The molecule has 0 bridgehead atoms. The lowest BCUT2D eigenvalue weighted by Crippen LogP contribution is -2.11. The Hall–Kier alpha value is -2.96. The molecule has 0 unspecified atom stereocenters. The van der Waals surface area contributed by atoms with E-state index in [1.807, 2.05) is 35.0 Å². The van der Waals surface area contributed by atoms with Gasteiger partial charge in [-0.25, -0.2) is 4.98 Å². The Bertz CT molecular complexity index is 762. The number of amides is 1. The molecule has 2 heterocycles. The van der Waals surface area contributed by atoms with Gasteiger partial charge in [0.15, 0.2) is 5.82 Å². The van der Waals surface area contributed by atoms with Crippen molar-refractivity contribution in [2.75, 3.05) is 5.32 Å². The number of nitrogens with zero attached hydrogens (tertiary/aromatic N) is 4. The van der Waals surface area contributed by atoms with E-state index in [0.29, 0.717) is 31.0 Å². The molecule has 0 aliphatic carbocycles. The van der Waals surface area contributed by atoms with Crippen molar-refractivity contribution in [3.8, 4) is 5.69 Å². The zero-order chi connectivity index (χ0) is 16.1. The van der Waals surface area contributed by atoms with Gasteiger partial charge in [-0.1, -0.05) is 5.16 Å². The fourth-order valence-electron chi connectivity index (χ4n) is 2.19. The molecule has 0 saturated carbocycles. The number of anilines is 1. The summed E-state index contributed by atoms with van der Waals surface area (Å²) in [5.41, 5.74) is 1.76. The number of aromatic nitrogens is 4. The quantitative estimate of drug-likeness (QED) is 0.756. The first kappa shape index (κ1) is 15.0. The minimum atomic E-state index is -0.0309. The summed E-state index contributed by atoms with van der Waals surface area (Å²) < 4.78 is 6.91. The smallest absolute Gasteiger partial charge is 0.226 e. The number of benzene rings is 1. The Morgan fingerprint density at radius 3 is 2.78 bits per heavy atom. The van der Waals surface area contributed by atoms with Crippen LogP contribution in [0.4, 0.5) is 5.69 Å².